The number of anilines is 1. The molecule has 1 fully saturated rings. The number of β-amino-alcohol motifs (C(OH)–C–C–N with tert-alkyl or cyclic N) is 1. The number of aliphatic hydroxyl groups excluding tert-OH is 1. The van der Waals surface area contributed by atoms with Gasteiger partial charge in [0.25, 0.3) is 11.7 Å². The lowest BCUT2D eigenvalue weighted by atomic mass is 10.1. The maximum atomic E-state index is 10.7. The zero-order valence-electron chi connectivity index (χ0n) is 10.2. The van der Waals surface area contributed by atoms with Crippen LogP contribution in [-0.2, 0) is 0 Å². The van der Waals surface area contributed by atoms with Gasteiger partial charge in [0, 0.05) is 25.2 Å². The first-order chi connectivity index (χ1) is 9.13. The van der Waals surface area contributed by atoms with Crippen molar-refractivity contribution in [3.8, 4) is 0 Å². The third-order valence-corrected chi connectivity index (χ3v) is 3.24. The number of oxazole rings is 1. The van der Waals surface area contributed by atoms with Crippen molar-refractivity contribution in [2.24, 2.45) is 0 Å². The molecule has 0 spiro atoms. The summed E-state index contributed by atoms with van der Waals surface area (Å²) < 4.78 is 5.57. The highest BCUT2D eigenvalue weighted by atomic mass is 16.6. The molecule has 1 saturated heterocycles. The minimum Gasteiger partial charge on any atom is -0.423 e. The van der Waals surface area contributed by atoms with Crippen molar-refractivity contribution in [1.29, 1.82) is 0 Å². The number of nitro benzene ring substituents is 1. The van der Waals surface area contributed by atoms with Crippen LogP contribution in [0.25, 0.3) is 11.1 Å². The molecule has 1 N–H and O–H groups in total. The molecule has 2 heterocycles. The summed E-state index contributed by atoms with van der Waals surface area (Å²) in [5, 5.41) is 20.3. The Kier molecular flexibility index (Phi) is 2.83. The minimum absolute atomic E-state index is 0.00831. The third-order valence-electron chi connectivity index (χ3n) is 3.24. The smallest absolute Gasteiger partial charge is 0.298 e. The second-order valence-electron chi connectivity index (χ2n) is 4.65. The van der Waals surface area contributed by atoms with E-state index in [0.29, 0.717) is 23.7 Å². The van der Waals surface area contributed by atoms with Crippen LogP contribution in [0.2, 0.25) is 0 Å². The van der Waals surface area contributed by atoms with Crippen molar-refractivity contribution < 1.29 is 14.4 Å². The van der Waals surface area contributed by atoms with Crippen molar-refractivity contribution in [3.63, 3.8) is 0 Å². The molecular formula is C12H13N3O4. The van der Waals surface area contributed by atoms with Gasteiger partial charge < -0.3 is 14.4 Å². The van der Waals surface area contributed by atoms with Crippen molar-refractivity contribution in [2.75, 3.05) is 18.0 Å². The van der Waals surface area contributed by atoms with Crippen LogP contribution in [0, 0.1) is 10.1 Å². The number of nitrogens with zero attached hydrogens (tertiary/aromatic N) is 3. The predicted octanol–water partition coefficient (Wildman–Crippen LogP) is 1.70. The summed E-state index contributed by atoms with van der Waals surface area (Å²) in [6.45, 7) is 1.25. The molecule has 0 radical (unpaired) electrons. The van der Waals surface area contributed by atoms with Gasteiger partial charge in [-0.25, -0.2) is 0 Å². The molecule has 1 atom stereocenters. The maximum Gasteiger partial charge on any atom is 0.298 e. The summed E-state index contributed by atoms with van der Waals surface area (Å²) in [6, 6.07) is 4.74. The van der Waals surface area contributed by atoms with Gasteiger partial charge in [-0.15, -0.1) is 0 Å². The molecule has 1 aromatic carbocycles. The lowest BCUT2D eigenvalue weighted by molar-refractivity contribution is -0.384. The fourth-order valence-corrected chi connectivity index (χ4v) is 2.28. The number of fused-ring (bicyclic) bond motifs is 1. The molecule has 0 amide bonds. The number of rotatable bonds is 2. The van der Waals surface area contributed by atoms with Crippen LogP contribution in [0.15, 0.2) is 22.6 Å². The average molecular weight is 263 g/mol. The molecule has 0 aliphatic carbocycles. The predicted molar refractivity (Wildman–Crippen MR) is 68.1 cm³/mol. The third kappa shape index (κ3) is 2.24. The van der Waals surface area contributed by atoms with E-state index >= 15 is 0 Å². The van der Waals surface area contributed by atoms with E-state index in [1.165, 1.54) is 12.1 Å². The highest BCUT2D eigenvalue weighted by Gasteiger charge is 2.22. The molecule has 100 valence electrons. The molecular weight excluding hydrogens is 250 g/mol. The molecule has 3 rings (SSSR count). The summed E-state index contributed by atoms with van der Waals surface area (Å²) in [5.41, 5.74) is 0.968. The standard InChI is InChI=1S/C12H13N3O4/c16-9-2-1-5-14(7-9)12-13-10-6-8(15(17)18)3-4-11(10)19-12/h3-4,6,9,16H,1-2,5,7H2/t9-/m0/s1. The summed E-state index contributed by atoms with van der Waals surface area (Å²) in [7, 11) is 0. The molecule has 7 heteroatoms. The molecule has 1 aliphatic rings. The van der Waals surface area contributed by atoms with E-state index in [1.54, 1.807) is 6.07 Å². The summed E-state index contributed by atoms with van der Waals surface area (Å²) in [4.78, 5) is 16.4. The molecule has 1 aliphatic heterocycles. The monoisotopic (exact) mass is 263 g/mol. The molecule has 7 nitrogen and oxygen atoms in total. The van der Waals surface area contributed by atoms with Crippen LogP contribution in [0.4, 0.5) is 11.7 Å². The summed E-state index contributed by atoms with van der Waals surface area (Å²) >= 11 is 0. The number of benzene rings is 1. The van der Waals surface area contributed by atoms with Gasteiger partial charge in [0.2, 0.25) is 0 Å². The van der Waals surface area contributed by atoms with Gasteiger partial charge in [-0.2, -0.15) is 4.98 Å². The number of hydrogen-bond donors (Lipinski definition) is 1. The van der Waals surface area contributed by atoms with Crippen molar-refractivity contribution in [1.82, 2.24) is 4.98 Å². The average Bonchev–Trinajstić information content (AvgIpc) is 2.81. The Morgan fingerprint density at radius 3 is 3.11 bits per heavy atom. The van der Waals surface area contributed by atoms with Gasteiger partial charge in [0.05, 0.1) is 11.0 Å². The number of non-ortho nitro benzene ring substituents is 1. The minimum atomic E-state index is -0.460. The summed E-state index contributed by atoms with van der Waals surface area (Å²) in [5.74, 6) is 0. The Balaban J connectivity index is 1.94. The zero-order chi connectivity index (χ0) is 13.4. The quantitative estimate of drug-likeness (QED) is 0.654. The Morgan fingerprint density at radius 2 is 2.37 bits per heavy atom. The van der Waals surface area contributed by atoms with Crippen molar-refractivity contribution >= 4 is 22.8 Å². The molecule has 0 bridgehead atoms. The van der Waals surface area contributed by atoms with Gasteiger partial charge in [-0.1, -0.05) is 0 Å². The lowest BCUT2D eigenvalue weighted by Crippen LogP contribution is -2.38. The van der Waals surface area contributed by atoms with Gasteiger partial charge >= 0.3 is 0 Å². The second kappa shape index (κ2) is 4.51. The summed E-state index contributed by atoms with van der Waals surface area (Å²) in [6.07, 6.45) is 1.28. The second-order valence-corrected chi connectivity index (χ2v) is 4.65. The van der Waals surface area contributed by atoms with Gasteiger partial charge in [-0.3, -0.25) is 10.1 Å². The molecule has 0 unspecified atom stereocenters. The van der Waals surface area contributed by atoms with E-state index in [9.17, 15) is 15.2 Å². The highest BCUT2D eigenvalue weighted by Crippen LogP contribution is 2.27. The Morgan fingerprint density at radius 1 is 1.53 bits per heavy atom. The van der Waals surface area contributed by atoms with Gasteiger partial charge in [-0.05, 0) is 18.9 Å². The van der Waals surface area contributed by atoms with E-state index in [0.717, 1.165) is 19.4 Å². The largest absolute Gasteiger partial charge is 0.423 e. The number of nitro groups is 1. The van der Waals surface area contributed by atoms with Crippen molar-refractivity contribution in [2.45, 2.75) is 18.9 Å². The normalized spacial score (nSPS) is 19.8. The maximum absolute atomic E-state index is 10.7. The van der Waals surface area contributed by atoms with Crippen LogP contribution < -0.4 is 4.90 Å². The van der Waals surface area contributed by atoms with E-state index in [-0.39, 0.29) is 11.8 Å². The number of aliphatic hydroxyl groups is 1. The van der Waals surface area contributed by atoms with Crippen molar-refractivity contribution in [3.05, 3.63) is 28.3 Å². The Bertz CT molecular complexity index is 624. The number of hydrogen-bond acceptors (Lipinski definition) is 6. The van der Waals surface area contributed by atoms with E-state index < -0.39 is 4.92 Å². The zero-order valence-corrected chi connectivity index (χ0v) is 10.2. The molecule has 2 aromatic rings. The van der Waals surface area contributed by atoms with Gasteiger partial charge in [0.15, 0.2) is 5.58 Å². The molecule has 1 aromatic heterocycles. The highest BCUT2D eigenvalue weighted by molar-refractivity contribution is 5.77. The fraction of sp³-hybridized carbons (Fsp3) is 0.417. The van der Waals surface area contributed by atoms with Crippen LogP contribution in [-0.4, -0.2) is 34.2 Å². The fourth-order valence-electron chi connectivity index (χ4n) is 2.28. The van der Waals surface area contributed by atoms with Crippen LogP contribution in [0.5, 0.6) is 0 Å². The van der Waals surface area contributed by atoms with E-state index in [4.69, 9.17) is 4.42 Å². The van der Waals surface area contributed by atoms with Crippen LogP contribution in [0.1, 0.15) is 12.8 Å². The first kappa shape index (κ1) is 11.9. The number of aromatic nitrogens is 1. The molecule has 19 heavy (non-hydrogen) atoms. The molecule has 0 saturated carbocycles. The van der Waals surface area contributed by atoms with E-state index in [2.05, 4.69) is 4.98 Å². The topological polar surface area (TPSA) is 92.6 Å². The first-order valence-electron chi connectivity index (χ1n) is 6.11. The van der Waals surface area contributed by atoms with E-state index in [1.807, 2.05) is 4.90 Å². The first-order valence-corrected chi connectivity index (χ1v) is 6.11. The lowest BCUT2D eigenvalue weighted by Gasteiger charge is -2.28. The Hall–Kier alpha value is -2.15. The van der Waals surface area contributed by atoms with Gasteiger partial charge in [0.1, 0.15) is 5.52 Å². The number of piperidine rings is 1. The Labute approximate surface area is 108 Å². The SMILES string of the molecule is O=[N+]([O-])c1ccc2oc(N3CCC[C@H](O)C3)nc2c1. The van der Waals surface area contributed by atoms with Crippen LogP contribution in [0.3, 0.4) is 0 Å². The van der Waals surface area contributed by atoms with Crippen LogP contribution >= 0.6 is 0 Å².